The van der Waals surface area contributed by atoms with Gasteiger partial charge in [0.1, 0.15) is 12.1 Å². The fourth-order valence-corrected chi connectivity index (χ4v) is 2.94. The van der Waals surface area contributed by atoms with Gasteiger partial charge in [-0.1, -0.05) is 15.9 Å². The number of benzene rings is 2. The molecule has 0 fully saturated rings. The van der Waals surface area contributed by atoms with Crippen molar-refractivity contribution < 1.29 is 9.18 Å². The summed E-state index contributed by atoms with van der Waals surface area (Å²) in [5, 5.41) is 11.1. The van der Waals surface area contributed by atoms with Crippen molar-refractivity contribution in [1.29, 1.82) is 0 Å². The standard InChI is InChI=1S/C17H15BrFN5O/c1-11-7-12(3-6-16(11)24-10-20-21-22-24)17(25)23(2)9-13-8-14(18)4-5-15(13)19/h3-8,10H,9H2,1-2H3. The summed E-state index contributed by atoms with van der Waals surface area (Å²) in [6.07, 6.45) is 1.49. The van der Waals surface area contributed by atoms with Crippen LogP contribution in [0.15, 0.2) is 47.2 Å². The Kier molecular flexibility index (Phi) is 4.89. The number of halogens is 2. The smallest absolute Gasteiger partial charge is 0.253 e. The normalized spacial score (nSPS) is 10.7. The van der Waals surface area contributed by atoms with E-state index in [0.29, 0.717) is 11.1 Å². The lowest BCUT2D eigenvalue weighted by Gasteiger charge is -2.18. The molecule has 6 nitrogen and oxygen atoms in total. The van der Waals surface area contributed by atoms with Gasteiger partial charge in [0.15, 0.2) is 0 Å². The van der Waals surface area contributed by atoms with Gasteiger partial charge in [-0.05, 0) is 59.3 Å². The van der Waals surface area contributed by atoms with E-state index in [1.807, 2.05) is 6.92 Å². The number of carbonyl (C=O) groups excluding carboxylic acids is 1. The van der Waals surface area contributed by atoms with Crippen LogP contribution < -0.4 is 0 Å². The van der Waals surface area contributed by atoms with E-state index < -0.39 is 0 Å². The molecule has 0 atom stereocenters. The van der Waals surface area contributed by atoms with Gasteiger partial charge in [0.05, 0.1) is 5.69 Å². The maximum absolute atomic E-state index is 13.9. The fraction of sp³-hybridized carbons (Fsp3) is 0.176. The number of nitrogens with zero attached hydrogens (tertiary/aromatic N) is 5. The number of aromatic nitrogens is 4. The third-order valence-electron chi connectivity index (χ3n) is 3.80. The molecule has 128 valence electrons. The molecule has 3 rings (SSSR count). The molecule has 25 heavy (non-hydrogen) atoms. The molecule has 3 aromatic rings. The Morgan fingerprint density at radius 3 is 2.76 bits per heavy atom. The van der Waals surface area contributed by atoms with Crippen LogP contribution in [0.3, 0.4) is 0 Å². The zero-order valence-electron chi connectivity index (χ0n) is 13.6. The van der Waals surface area contributed by atoms with Crippen LogP contribution in [0.25, 0.3) is 5.69 Å². The molecule has 0 aliphatic heterocycles. The molecule has 0 aliphatic carbocycles. The summed E-state index contributed by atoms with van der Waals surface area (Å²) in [7, 11) is 1.65. The number of rotatable bonds is 4. The van der Waals surface area contributed by atoms with Gasteiger partial charge in [0.2, 0.25) is 0 Å². The van der Waals surface area contributed by atoms with Crippen molar-refractivity contribution in [2.24, 2.45) is 0 Å². The van der Waals surface area contributed by atoms with E-state index in [9.17, 15) is 9.18 Å². The van der Waals surface area contributed by atoms with E-state index in [2.05, 4.69) is 31.5 Å². The van der Waals surface area contributed by atoms with Gasteiger partial charge in [-0.25, -0.2) is 9.07 Å². The quantitative estimate of drug-likeness (QED) is 0.670. The van der Waals surface area contributed by atoms with Crippen LogP contribution in [0, 0.1) is 12.7 Å². The number of amides is 1. The second-order valence-corrected chi connectivity index (χ2v) is 6.57. The molecule has 0 bridgehead atoms. The third-order valence-corrected chi connectivity index (χ3v) is 4.29. The second kappa shape index (κ2) is 7.10. The molecular formula is C17H15BrFN5O. The Labute approximate surface area is 152 Å². The average molecular weight is 404 g/mol. The highest BCUT2D eigenvalue weighted by atomic mass is 79.9. The Morgan fingerprint density at radius 1 is 1.28 bits per heavy atom. The van der Waals surface area contributed by atoms with Gasteiger partial charge < -0.3 is 4.90 Å². The van der Waals surface area contributed by atoms with Crippen LogP contribution in [0.2, 0.25) is 0 Å². The molecular weight excluding hydrogens is 389 g/mol. The van der Waals surface area contributed by atoms with Gasteiger partial charge in [-0.3, -0.25) is 4.79 Å². The first-order chi connectivity index (χ1) is 12.0. The van der Waals surface area contributed by atoms with Crippen LogP contribution in [0.5, 0.6) is 0 Å². The highest BCUT2D eigenvalue weighted by molar-refractivity contribution is 9.10. The monoisotopic (exact) mass is 403 g/mol. The molecule has 0 spiro atoms. The van der Waals surface area contributed by atoms with Crippen LogP contribution in [-0.2, 0) is 6.54 Å². The van der Waals surface area contributed by atoms with Gasteiger partial charge in [-0.15, -0.1) is 5.10 Å². The van der Waals surface area contributed by atoms with Gasteiger partial charge in [-0.2, -0.15) is 0 Å². The van der Waals surface area contributed by atoms with Crippen molar-refractivity contribution in [3.05, 3.63) is 69.7 Å². The van der Waals surface area contributed by atoms with Crippen LogP contribution in [-0.4, -0.2) is 38.1 Å². The second-order valence-electron chi connectivity index (χ2n) is 5.65. The molecule has 0 unspecified atom stereocenters. The summed E-state index contributed by atoms with van der Waals surface area (Å²) >= 11 is 3.32. The van der Waals surface area contributed by atoms with Gasteiger partial charge in [0, 0.05) is 29.2 Å². The lowest BCUT2D eigenvalue weighted by Crippen LogP contribution is -2.26. The van der Waals surface area contributed by atoms with Gasteiger partial charge >= 0.3 is 0 Å². The molecule has 0 saturated heterocycles. The predicted molar refractivity (Wildman–Crippen MR) is 93.8 cm³/mol. The summed E-state index contributed by atoms with van der Waals surface area (Å²) < 4.78 is 16.2. The summed E-state index contributed by atoms with van der Waals surface area (Å²) in [6.45, 7) is 2.06. The van der Waals surface area contributed by atoms with Crippen molar-refractivity contribution in [1.82, 2.24) is 25.1 Å². The van der Waals surface area contributed by atoms with E-state index in [-0.39, 0.29) is 18.3 Å². The molecule has 1 amide bonds. The average Bonchev–Trinajstić information content (AvgIpc) is 3.11. The molecule has 2 aromatic carbocycles. The molecule has 1 aromatic heterocycles. The van der Waals surface area contributed by atoms with E-state index in [0.717, 1.165) is 15.7 Å². The van der Waals surface area contributed by atoms with E-state index in [1.165, 1.54) is 22.0 Å². The van der Waals surface area contributed by atoms with E-state index in [1.54, 1.807) is 37.4 Å². The van der Waals surface area contributed by atoms with E-state index >= 15 is 0 Å². The van der Waals surface area contributed by atoms with Crippen molar-refractivity contribution >= 4 is 21.8 Å². The Balaban J connectivity index is 1.80. The topological polar surface area (TPSA) is 63.9 Å². The molecule has 0 radical (unpaired) electrons. The summed E-state index contributed by atoms with van der Waals surface area (Å²) in [6, 6.07) is 9.94. The van der Waals surface area contributed by atoms with Gasteiger partial charge in [0.25, 0.3) is 5.91 Å². The first kappa shape index (κ1) is 17.2. The number of hydrogen-bond acceptors (Lipinski definition) is 4. The van der Waals surface area contributed by atoms with Crippen molar-refractivity contribution in [3.8, 4) is 5.69 Å². The zero-order valence-corrected chi connectivity index (χ0v) is 15.2. The highest BCUT2D eigenvalue weighted by Gasteiger charge is 2.15. The Hall–Kier alpha value is -2.61. The molecule has 0 aliphatic rings. The lowest BCUT2D eigenvalue weighted by atomic mass is 10.1. The van der Waals surface area contributed by atoms with Crippen molar-refractivity contribution in [3.63, 3.8) is 0 Å². The number of hydrogen-bond donors (Lipinski definition) is 0. The highest BCUT2D eigenvalue weighted by Crippen LogP contribution is 2.19. The summed E-state index contributed by atoms with van der Waals surface area (Å²) in [5.41, 5.74) is 2.63. The van der Waals surface area contributed by atoms with Crippen molar-refractivity contribution in [2.75, 3.05) is 7.05 Å². The van der Waals surface area contributed by atoms with Crippen LogP contribution >= 0.6 is 15.9 Å². The number of aryl methyl sites for hydroxylation is 1. The minimum Gasteiger partial charge on any atom is -0.337 e. The SMILES string of the molecule is Cc1cc(C(=O)N(C)Cc2cc(Br)ccc2F)ccc1-n1cnnn1. The molecule has 1 heterocycles. The Morgan fingerprint density at radius 2 is 2.08 bits per heavy atom. The number of tetrazole rings is 1. The molecule has 0 saturated carbocycles. The first-order valence-corrected chi connectivity index (χ1v) is 8.28. The van der Waals surface area contributed by atoms with Crippen LogP contribution in [0.4, 0.5) is 4.39 Å². The first-order valence-electron chi connectivity index (χ1n) is 7.49. The summed E-state index contributed by atoms with van der Waals surface area (Å²) in [5.74, 6) is -0.529. The fourth-order valence-electron chi connectivity index (χ4n) is 2.53. The van der Waals surface area contributed by atoms with Crippen LogP contribution in [0.1, 0.15) is 21.5 Å². The van der Waals surface area contributed by atoms with E-state index in [4.69, 9.17) is 0 Å². The lowest BCUT2D eigenvalue weighted by molar-refractivity contribution is 0.0783. The maximum atomic E-state index is 13.9. The third kappa shape index (κ3) is 3.74. The minimum atomic E-state index is -0.340. The molecule has 0 N–H and O–H groups in total. The zero-order chi connectivity index (χ0) is 18.0. The minimum absolute atomic E-state index is 0.178. The summed E-state index contributed by atoms with van der Waals surface area (Å²) in [4.78, 5) is 14.1. The molecule has 8 heteroatoms. The van der Waals surface area contributed by atoms with Crippen molar-refractivity contribution in [2.45, 2.75) is 13.5 Å². The number of carbonyl (C=O) groups is 1. The largest absolute Gasteiger partial charge is 0.337 e. The predicted octanol–water partition coefficient (Wildman–Crippen LogP) is 3.14. The maximum Gasteiger partial charge on any atom is 0.253 e. The Bertz CT molecular complexity index is 913.